The smallest absolute Gasteiger partial charge is 0.313 e. The van der Waals surface area contributed by atoms with E-state index in [4.69, 9.17) is 10.5 Å². The van der Waals surface area contributed by atoms with Crippen molar-refractivity contribution in [2.24, 2.45) is 12.8 Å². The first-order valence-corrected chi connectivity index (χ1v) is 4.38. The third kappa shape index (κ3) is 1.83. The van der Waals surface area contributed by atoms with E-state index in [2.05, 4.69) is 5.10 Å². The lowest BCUT2D eigenvalue weighted by molar-refractivity contribution is -0.386. The van der Waals surface area contributed by atoms with Crippen molar-refractivity contribution in [1.29, 1.82) is 0 Å². The molecule has 0 amide bonds. The predicted molar refractivity (Wildman–Crippen MR) is 53.3 cm³/mol. The maximum Gasteiger partial charge on any atom is 0.313 e. The highest BCUT2D eigenvalue weighted by Gasteiger charge is 2.36. The van der Waals surface area contributed by atoms with Gasteiger partial charge in [-0.25, -0.2) is 0 Å². The average molecular weight is 214 g/mol. The fourth-order valence-electron chi connectivity index (χ4n) is 1.45. The number of ether oxygens (including phenoxy) is 1. The van der Waals surface area contributed by atoms with Gasteiger partial charge in [0.05, 0.1) is 4.92 Å². The van der Waals surface area contributed by atoms with Gasteiger partial charge in [-0.05, 0) is 6.92 Å². The Bertz CT molecular complexity index is 370. The van der Waals surface area contributed by atoms with Crippen LogP contribution in [0.25, 0.3) is 0 Å². The number of rotatable bonds is 4. The molecule has 0 fully saturated rings. The Balaban J connectivity index is 3.33. The van der Waals surface area contributed by atoms with Crippen LogP contribution >= 0.6 is 0 Å². The number of hydrogen-bond acceptors (Lipinski definition) is 5. The molecule has 7 nitrogen and oxygen atoms in total. The molecule has 0 aliphatic rings. The van der Waals surface area contributed by atoms with Gasteiger partial charge in [-0.3, -0.25) is 14.8 Å². The first kappa shape index (κ1) is 11.6. The number of nitrogens with zero attached hydrogens (tertiary/aromatic N) is 3. The largest absolute Gasteiger partial charge is 0.371 e. The minimum atomic E-state index is -0.895. The standard InChI is InChI=1S/C8H14N4O3/c1-8(5-9,15-3)7-6(12(13)14)4-10-11(7)2/h4H,5,9H2,1-3H3. The monoisotopic (exact) mass is 214 g/mol. The Morgan fingerprint density at radius 1 is 1.80 bits per heavy atom. The third-order valence-electron chi connectivity index (χ3n) is 2.46. The molecule has 15 heavy (non-hydrogen) atoms. The molecule has 0 radical (unpaired) electrons. The number of methoxy groups -OCH3 is 1. The van der Waals surface area contributed by atoms with Crippen molar-refractivity contribution in [3.63, 3.8) is 0 Å². The second-order valence-electron chi connectivity index (χ2n) is 3.40. The van der Waals surface area contributed by atoms with Gasteiger partial charge >= 0.3 is 5.69 Å². The van der Waals surface area contributed by atoms with E-state index in [0.717, 1.165) is 0 Å². The van der Waals surface area contributed by atoms with Gasteiger partial charge in [-0.2, -0.15) is 5.10 Å². The highest BCUT2D eigenvalue weighted by molar-refractivity contribution is 5.37. The van der Waals surface area contributed by atoms with Crippen LogP contribution < -0.4 is 5.73 Å². The maximum absolute atomic E-state index is 10.8. The predicted octanol–water partition coefficient (Wildman–Crippen LogP) is 0.149. The molecule has 1 aromatic heterocycles. The summed E-state index contributed by atoms with van der Waals surface area (Å²) in [6.07, 6.45) is 1.20. The van der Waals surface area contributed by atoms with Crippen LogP contribution in [0.1, 0.15) is 12.6 Å². The van der Waals surface area contributed by atoms with Crippen molar-refractivity contribution in [2.45, 2.75) is 12.5 Å². The number of nitro groups is 1. The van der Waals surface area contributed by atoms with E-state index in [9.17, 15) is 10.1 Å². The molecule has 84 valence electrons. The van der Waals surface area contributed by atoms with Gasteiger partial charge in [-0.15, -0.1) is 0 Å². The molecular formula is C8H14N4O3. The fourth-order valence-corrected chi connectivity index (χ4v) is 1.45. The number of hydrogen-bond donors (Lipinski definition) is 1. The lowest BCUT2D eigenvalue weighted by Crippen LogP contribution is -2.36. The quantitative estimate of drug-likeness (QED) is 0.568. The molecule has 0 spiro atoms. The number of aromatic nitrogens is 2. The van der Waals surface area contributed by atoms with Crippen molar-refractivity contribution < 1.29 is 9.66 Å². The van der Waals surface area contributed by atoms with Crippen LogP contribution in [0.5, 0.6) is 0 Å². The van der Waals surface area contributed by atoms with E-state index >= 15 is 0 Å². The minimum Gasteiger partial charge on any atom is -0.371 e. The van der Waals surface area contributed by atoms with Crippen molar-refractivity contribution >= 4 is 5.69 Å². The van der Waals surface area contributed by atoms with E-state index in [-0.39, 0.29) is 12.2 Å². The van der Waals surface area contributed by atoms with E-state index in [1.54, 1.807) is 14.0 Å². The first-order valence-electron chi connectivity index (χ1n) is 4.38. The molecule has 0 aliphatic carbocycles. The molecule has 7 heteroatoms. The van der Waals surface area contributed by atoms with E-state index < -0.39 is 10.5 Å². The molecule has 1 unspecified atom stereocenters. The lowest BCUT2D eigenvalue weighted by Gasteiger charge is -2.25. The van der Waals surface area contributed by atoms with Crippen molar-refractivity contribution in [2.75, 3.05) is 13.7 Å². The summed E-state index contributed by atoms with van der Waals surface area (Å²) in [4.78, 5) is 10.3. The highest BCUT2D eigenvalue weighted by Crippen LogP contribution is 2.30. The molecular weight excluding hydrogens is 200 g/mol. The molecule has 0 saturated heterocycles. The Kier molecular flexibility index (Phi) is 3.06. The van der Waals surface area contributed by atoms with Crippen LogP contribution in [0.3, 0.4) is 0 Å². The summed E-state index contributed by atoms with van der Waals surface area (Å²) in [5.74, 6) is 0. The second kappa shape index (κ2) is 3.95. The van der Waals surface area contributed by atoms with E-state index in [0.29, 0.717) is 5.69 Å². The number of aryl methyl sites for hydroxylation is 1. The molecule has 0 saturated carbocycles. The van der Waals surface area contributed by atoms with Gasteiger partial charge < -0.3 is 10.5 Å². The summed E-state index contributed by atoms with van der Waals surface area (Å²) in [6.45, 7) is 1.83. The molecule has 0 aliphatic heterocycles. The zero-order chi connectivity index (χ0) is 11.6. The average Bonchev–Trinajstić information content (AvgIpc) is 2.60. The molecule has 0 aromatic carbocycles. The summed E-state index contributed by atoms with van der Waals surface area (Å²) in [5.41, 5.74) is 4.96. The maximum atomic E-state index is 10.8. The Labute approximate surface area is 87.0 Å². The van der Waals surface area contributed by atoms with Crippen molar-refractivity contribution in [3.8, 4) is 0 Å². The van der Waals surface area contributed by atoms with Gasteiger partial charge in [-0.1, -0.05) is 0 Å². The normalized spacial score (nSPS) is 14.9. The van der Waals surface area contributed by atoms with Gasteiger partial charge in [0.15, 0.2) is 0 Å². The van der Waals surface area contributed by atoms with Crippen LogP contribution in [0.2, 0.25) is 0 Å². The first-order chi connectivity index (χ1) is 6.96. The third-order valence-corrected chi connectivity index (χ3v) is 2.46. The summed E-state index contributed by atoms with van der Waals surface area (Å²) in [7, 11) is 3.08. The van der Waals surface area contributed by atoms with Crippen LogP contribution in [-0.4, -0.2) is 28.4 Å². The Hall–Kier alpha value is -1.47. The summed E-state index contributed by atoms with van der Waals surface area (Å²) < 4.78 is 6.62. The van der Waals surface area contributed by atoms with Gasteiger partial charge in [0.1, 0.15) is 17.5 Å². The van der Waals surface area contributed by atoms with E-state index in [1.165, 1.54) is 18.0 Å². The lowest BCUT2D eigenvalue weighted by atomic mass is 10.0. The van der Waals surface area contributed by atoms with Gasteiger partial charge in [0, 0.05) is 20.7 Å². The minimum absolute atomic E-state index is 0.0766. The summed E-state index contributed by atoms with van der Waals surface area (Å²) in [6, 6.07) is 0. The van der Waals surface area contributed by atoms with Gasteiger partial charge in [0.2, 0.25) is 0 Å². The molecule has 1 rings (SSSR count). The summed E-state index contributed by atoms with van der Waals surface area (Å²) in [5, 5.41) is 14.6. The molecule has 2 N–H and O–H groups in total. The fraction of sp³-hybridized carbons (Fsp3) is 0.625. The van der Waals surface area contributed by atoms with Crippen LogP contribution in [0, 0.1) is 10.1 Å². The molecule has 1 aromatic rings. The SMILES string of the molecule is COC(C)(CN)c1c([N+](=O)[O-])cnn1C. The van der Waals surface area contributed by atoms with Crippen LogP contribution in [-0.2, 0) is 17.4 Å². The zero-order valence-electron chi connectivity index (χ0n) is 8.93. The molecule has 1 heterocycles. The summed E-state index contributed by atoms with van der Waals surface area (Å²) >= 11 is 0. The zero-order valence-corrected chi connectivity index (χ0v) is 8.93. The number of nitrogens with two attached hydrogens (primary N) is 1. The van der Waals surface area contributed by atoms with Crippen molar-refractivity contribution in [1.82, 2.24) is 9.78 Å². The van der Waals surface area contributed by atoms with Crippen LogP contribution in [0.4, 0.5) is 5.69 Å². The van der Waals surface area contributed by atoms with Crippen LogP contribution in [0.15, 0.2) is 6.20 Å². The van der Waals surface area contributed by atoms with E-state index in [1.807, 2.05) is 0 Å². The second-order valence-corrected chi connectivity index (χ2v) is 3.40. The van der Waals surface area contributed by atoms with Gasteiger partial charge in [0.25, 0.3) is 0 Å². The Morgan fingerprint density at radius 3 is 2.80 bits per heavy atom. The molecule has 1 atom stereocenters. The Morgan fingerprint density at radius 2 is 2.40 bits per heavy atom. The molecule has 0 bridgehead atoms. The van der Waals surface area contributed by atoms with Crippen molar-refractivity contribution in [3.05, 3.63) is 22.0 Å². The topological polar surface area (TPSA) is 96.2 Å². The highest BCUT2D eigenvalue weighted by atomic mass is 16.6.